The van der Waals surface area contributed by atoms with Gasteiger partial charge in [-0.05, 0) is 42.8 Å². The zero-order chi connectivity index (χ0) is 18.2. The summed E-state index contributed by atoms with van der Waals surface area (Å²) in [5.41, 5.74) is 5.76. The summed E-state index contributed by atoms with van der Waals surface area (Å²) in [6.45, 7) is 2.10. The Kier molecular flexibility index (Phi) is 7.28. The highest BCUT2D eigenvalue weighted by Gasteiger charge is 2.14. The van der Waals surface area contributed by atoms with Gasteiger partial charge in [0.2, 0.25) is 6.29 Å². The summed E-state index contributed by atoms with van der Waals surface area (Å²) >= 11 is 9.96. The molecule has 0 radical (unpaired) electrons. The van der Waals surface area contributed by atoms with Gasteiger partial charge in [-0.1, -0.05) is 43.8 Å². The smallest absolute Gasteiger partial charge is 0.329 e. The van der Waals surface area contributed by atoms with Crippen molar-refractivity contribution in [3.63, 3.8) is 0 Å². The molecule has 0 saturated heterocycles. The van der Waals surface area contributed by atoms with Gasteiger partial charge in [0, 0.05) is 17.5 Å². The molecule has 7 heteroatoms. The molecule has 5 nitrogen and oxygen atoms in total. The summed E-state index contributed by atoms with van der Waals surface area (Å²) in [6, 6.07) is 13.4. The van der Waals surface area contributed by atoms with Gasteiger partial charge < -0.3 is 15.2 Å². The monoisotopic (exact) mass is 380 g/mol. The number of carbonyl (C=O) groups is 1. The quantitative estimate of drug-likeness (QED) is 0.497. The molecule has 1 unspecified atom stereocenters. The lowest BCUT2D eigenvalue weighted by Gasteiger charge is -2.21. The second kappa shape index (κ2) is 9.44. The number of hydrogen-bond acceptors (Lipinski definition) is 4. The van der Waals surface area contributed by atoms with Crippen LogP contribution in [0.5, 0.6) is 11.5 Å². The van der Waals surface area contributed by atoms with Gasteiger partial charge in [0.25, 0.3) is 0 Å². The van der Waals surface area contributed by atoms with E-state index in [1.165, 1.54) is 0 Å². The molecule has 0 bridgehead atoms. The van der Waals surface area contributed by atoms with E-state index in [4.69, 9.17) is 26.8 Å². The summed E-state index contributed by atoms with van der Waals surface area (Å²) in [4.78, 5) is 11.2. The van der Waals surface area contributed by atoms with E-state index in [-0.39, 0.29) is 0 Å². The molecule has 0 saturated carbocycles. The van der Waals surface area contributed by atoms with E-state index in [0.29, 0.717) is 22.2 Å². The Morgan fingerprint density at radius 1 is 1.20 bits per heavy atom. The van der Waals surface area contributed by atoms with Gasteiger partial charge >= 0.3 is 6.03 Å². The van der Waals surface area contributed by atoms with Crippen LogP contribution in [0.25, 0.3) is 0 Å². The molecule has 2 aromatic rings. The molecule has 0 fully saturated rings. The van der Waals surface area contributed by atoms with E-state index < -0.39 is 12.3 Å². The first kappa shape index (κ1) is 19.3. The summed E-state index contributed by atoms with van der Waals surface area (Å²) in [5, 5.41) is 0.645. The third-order valence-electron chi connectivity index (χ3n) is 3.41. The first-order valence-corrected chi connectivity index (χ1v) is 8.74. The van der Waals surface area contributed by atoms with E-state index in [0.717, 1.165) is 23.6 Å². The fourth-order valence-electron chi connectivity index (χ4n) is 2.15. The van der Waals surface area contributed by atoms with E-state index >= 15 is 0 Å². The Labute approximate surface area is 158 Å². The normalized spacial score (nSPS) is 11.6. The van der Waals surface area contributed by atoms with E-state index in [1.54, 1.807) is 48.5 Å². The van der Waals surface area contributed by atoms with Crippen molar-refractivity contribution in [2.45, 2.75) is 32.5 Å². The first-order chi connectivity index (χ1) is 12.0. The van der Waals surface area contributed by atoms with Crippen LogP contribution >= 0.6 is 24.4 Å². The fraction of sp³-hybridized carbons (Fsp3) is 0.278. The molecule has 0 spiro atoms. The molecule has 0 aliphatic heterocycles. The second-order valence-corrected chi connectivity index (χ2v) is 6.25. The summed E-state index contributed by atoms with van der Waals surface area (Å²) < 4.78 is 12.9. The average molecular weight is 381 g/mol. The van der Waals surface area contributed by atoms with Gasteiger partial charge in [-0.25, -0.2) is 9.10 Å². The molecule has 2 N–H and O–H groups in total. The standard InChI is InChI=1S/C18H21ClN2O3S/c1-2-3-7-17(23-15-10-8-13(19)9-11-15)24-16-6-4-5-14(12-16)21(25)18(20)22/h4-6,8-12,17,25H,2-3,7H2,1H3,(H2,20,22). The molecular weight excluding hydrogens is 360 g/mol. The van der Waals surface area contributed by atoms with Gasteiger partial charge in [0.1, 0.15) is 11.5 Å². The van der Waals surface area contributed by atoms with Crippen molar-refractivity contribution in [3.8, 4) is 11.5 Å². The third-order valence-corrected chi connectivity index (χ3v) is 4.09. The van der Waals surface area contributed by atoms with Gasteiger partial charge in [-0.15, -0.1) is 0 Å². The largest absolute Gasteiger partial charge is 0.455 e. The fourth-order valence-corrected chi connectivity index (χ4v) is 2.40. The predicted octanol–water partition coefficient (Wildman–Crippen LogP) is 5.04. The minimum Gasteiger partial charge on any atom is -0.455 e. The van der Waals surface area contributed by atoms with Crippen molar-refractivity contribution in [1.29, 1.82) is 0 Å². The Hall–Kier alpha value is -2.05. The Bertz CT molecular complexity index is 697. The summed E-state index contributed by atoms with van der Waals surface area (Å²) in [6.07, 6.45) is 2.25. The van der Waals surface area contributed by atoms with E-state index in [9.17, 15) is 4.79 Å². The number of thiol groups is 1. The highest BCUT2D eigenvalue weighted by atomic mass is 35.5. The number of benzene rings is 2. The Morgan fingerprint density at radius 2 is 1.88 bits per heavy atom. The van der Waals surface area contributed by atoms with Crippen molar-refractivity contribution in [3.05, 3.63) is 53.6 Å². The van der Waals surface area contributed by atoms with Gasteiger partial charge in [-0.2, -0.15) is 0 Å². The number of urea groups is 1. The number of rotatable bonds is 8. The number of primary amides is 1. The Morgan fingerprint density at radius 3 is 2.52 bits per heavy atom. The van der Waals surface area contributed by atoms with Crippen LogP contribution in [0.2, 0.25) is 5.02 Å². The molecule has 0 aliphatic rings. The number of halogens is 1. The SMILES string of the molecule is CCCCC(Oc1ccc(Cl)cc1)Oc1cccc(N(S)C(N)=O)c1. The van der Waals surface area contributed by atoms with Gasteiger partial charge in [0.15, 0.2) is 0 Å². The molecule has 0 aromatic heterocycles. The maximum atomic E-state index is 11.2. The number of hydrogen-bond donors (Lipinski definition) is 2. The number of nitrogens with zero attached hydrogens (tertiary/aromatic N) is 1. The van der Waals surface area contributed by atoms with Crippen LogP contribution in [0.4, 0.5) is 10.5 Å². The van der Waals surface area contributed by atoms with Crippen LogP contribution in [0.1, 0.15) is 26.2 Å². The number of amides is 2. The van der Waals surface area contributed by atoms with Gasteiger partial charge in [-0.3, -0.25) is 0 Å². The Balaban J connectivity index is 2.11. The zero-order valence-corrected chi connectivity index (χ0v) is 15.5. The predicted molar refractivity (Wildman–Crippen MR) is 104 cm³/mol. The van der Waals surface area contributed by atoms with Crippen molar-refractivity contribution < 1.29 is 14.3 Å². The minimum absolute atomic E-state index is 0.460. The molecule has 1 atom stereocenters. The van der Waals surface area contributed by atoms with E-state index in [2.05, 4.69) is 19.7 Å². The van der Waals surface area contributed by atoms with Crippen LogP contribution in [0, 0.1) is 0 Å². The van der Waals surface area contributed by atoms with E-state index in [1.807, 2.05) is 0 Å². The number of ether oxygens (including phenoxy) is 2. The van der Waals surface area contributed by atoms with Crippen LogP contribution in [-0.2, 0) is 0 Å². The first-order valence-electron chi connectivity index (χ1n) is 7.97. The lowest BCUT2D eigenvalue weighted by atomic mass is 10.2. The highest BCUT2D eigenvalue weighted by Crippen LogP contribution is 2.25. The number of carbonyl (C=O) groups excluding carboxylic acids is 1. The minimum atomic E-state index is -0.666. The van der Waals surface area contributed by atoms with Crippen LogP contribution in [0.3, 0.4) is 0 Å². The summed E-state index contributed by atoms with van der Waals surface area (Å²) in [5.74, 6) is 1.24. The topological polar surface area (TPSA) is 64.8 Å². The number of unbranched alkanes of at least 4 members (excludes halogenated alkanes) is 1. The maximum Gasteiger partial charge on any atom is 0.329 e. The molecule has 2 aromatic carbocycles. The maximum absolute atomic E-state index is 11.2. The van der Waals surface area contributed by atoms with Crippen LogP contribution < -0.4 is 19.5 Å². The van der Waals surface area contributed by atoms with Crippen LogP contribution in [0.15, 0.2) is 48.5 Å². The second-order valence-electron chi connectivity index (χ2n) is 5.41. The molecule has 25 heavy (non-hydrogen) atoms. The lowest BCUT2D eigenvalue weighted by Crippen LogP contribution is -2.27. The van der Waals surface area contributed by atoms with Crippen molar-refractivity contribution in [2.75, 3.05) is 4.31 Å². The third kappa shape index (κ3) is 6.07. The molecule has 0 heterocycles. The molecular formula is C18H21ClN2O3S. The van der Waals surface area contributed by atoms with Crippen molar-refractivity contribution in [2.24, 2.45) is 5.73 Å². The lowest BCUT2D eigenvalue weighted by molar-refractivity contribution is -0.00207. The van der Waals surface area contributed by atoms with Crippen molar-refractivity contribution >= 4 is 36.1 Å². The number of nitrogens with two attached hydrogens (primary N) is 1. The molecule has 2 rings (SSSR count). The molecule has 134 valence electrons. The van der Waals surface area contributed by atoms with Crippen LogP contribution in [-0.4, -0.2) is 12.3 Å². The summed E-state index contributed by atoms with van der Waals surface area (Å²) in [7, 11) is 0. The number of anilines is 1. The van der Waals surface area contributed by atoms with Crippen molar-refractivity contribution in [1.82, 2.24) is 0 Å². The molecule has 2 amide bonds. The highest BCUT2D eigenvalue weighted by molar-refractivity contribution is 7.82. The average Bonchev–Trinajstić information content (AvgIpc) is 2.61. The molecule has 0 aliphatic carbocycles. The van der Waals surface area contributed by atoms with Gasteiger partial charge in [0.05, 0.1) is 5.69 Å². The zero-order valence-electron chi connectivity index (χ0n) is 13.9.